The number of amides is 1. The van der Waals surface area contributed by atoms with Gasteiger partial charge in [-0.2, -0.15) is 0 Å². The van der Waals surface area contributed by atoms with Crippen LogP contribution >= 0.6 is 0 Å². The zero-order chi connectivity index (χ0) is 12.8. The molecule has 2 heteroatoms. The Hall–Kier alpha value is -0.790. The van der Waals surface area contributed by atoms with Crippen LogP contribution in [0.25, 0.3) is 0 Å². The van der Waals surface area contributed by atoms with Gasteiger partial charge in [-0.15, -0.1) is 0 Å². The number of hydrogen-bond donors (Lipinski definition) is 1. The molecule has 2 nitrogen and oxygen atoms in total. The van der Waals surface area contributed by atoms with Gasteiger partial charge in [0.25, 0.3) is 0 Å². The first-order chi connectivity index (χ1) is 8.55. The van der Waals surface area contributed by atoms with Gasteiger partial charge >= 0.3 is 0 Å². The molecule has 1 N–H and O–H groups in total. The third-order valence-corrected chi connectivity index (χ3v) is 5.29. The molecule has 4 aliphatic rings. The van der Waals surface area contributed by atoms with E-state index in [0.29, 0.717) is 12.0 Å². The fourth-order valence-corrected chi connectivity index (χ4v) is 5.16. The van der Waals surface area contributed by atoms with Gasteiger partial charge in [0, 0.05) is 13.0 Å². The molecule has 0 aliphatic heterocycles. The molecule has 1 amide bonds. The lowest BCUT2D eigenvalue weighted by atomic mass is 9.49. The Balaban J connectivity index is 1.61. The maximum atomic E-state index is 12.1. The van der Waals surface area contributed by atoms with Crippen LogP contribution in [0, 0.1) is 23.2 Å². The van der Waals surface area contributed by atoms with Gasteiger partial charge in [0.1, 0.15) is 0 Å². The van der Waals surface area contributed by atoms with E-state index in [1.54, 1.807) is 0 Å². The minimum Gasteiger partial charge on any atom is -0.352 e. The molecule has 0 saturated heterocycles. The molecule has 4 bridgehead atoms. The van der Waals surface area contributed by atoms with E-state index in [4.69, 9.17) is 0 Å². The number of carbonyl (C=O) groups excluding carboxylic acids is 1. The van der Waals surface area contributed by atoms with Crippen LogP contribution in [0.1, 0.15) is 51.9 Å². The summed E-state index contributed by atoms with van der Waals surface area (Å²) in [7, 11) is 0. The molecule has 0 aromatic carbocycles. The maximum Gasteiger partial charge on any atom is 0.220 e. The molecule has 0 aromatic rings. The van der Waals surface area contributed by atoms with Crippen LogP contribution in [0.3, 0.4) is 0 Å². The van der Waals surface area contributed by atoms with Crippen LogP contribution in [0.4, 0.5) is 0 Å². The standard InChI is InChI=1S/C16H25NO/c1-11(2)10-17-15(18)9-16-6-12-3-13(7-16)5-14(4-12)8-16/h12-14H,1,3-10H2,2H3,(H,17,18). The lowest BCUT2D eigenvalue weighted by molar-refractivity contribution is -0.129. The van der Waals surface area contributed by atoms with Gasteiger partial charge in [0.15, 0.2) is 0 Å². The average molecular weight is 247 g/mol. The zero-order valence-corrected chi connectivity index (χ0v) is 11.5. The summed E-state index contributed by atoms with van der Waals surface area (Å²) in [6, 6.07) is 0. The first kappa shape index (κ1) is 12.3. The highest BCUT2D eigenvalue weighted by atomic mass is 16.1. The Labute approximate surface area is 110 Å². The Bertz CT molecular complexity index is 336. The minimum absolute atomic E-state index is 0.250. The summed E-state index contributed by atoms with van der Waals surface area (Å²) in [5, 5.41) is 3.02. The van der Waals surface area contributed by atoms with E-state index in [-0.39, 0.29) is 5.91 Å². The van der Waals surface area contributed by atoms with Crippen LogP contribution in [0.2, 0.25) is 0 Å². The van der Waals surface area contributed by atoms with Crippen LogP contribution in [-0.2, 0) is 4.79 Å². The molecule has 0 radical (unpaired) electrons. The quantitative estimate of drug-likeness (QED) is 0.759. The van der Waals surface area contributed by atoms with Gasteiger partial charge in [-0.05, 0) is 68.6 Å². The Morgan fingerprint density at radius 3 is 2.11 bits per heavy atom. The van der Waals surface area contributed by atoms with Gasteiger partial charge in [-0.3, -0.25) is 4.79 Å². The van der Waals surface area contributed by atoms with Crippen molar-refractivity contribution < 1.29 is 4.79 Å². The topological polar surface area (TPSA) is 29.1 Å². The zero-order valence-electron chi connectivity index (χ0n) is 11.5. The molecular weight excluding hydrogens is 222 g/mol. The first-order valence-corrected chi connectivity index (χ1v) is 7.46. The van der Waals surface area contributed by atoms with Crippen LogP contribution in [0.5, 0.6) is 0 Å². The van der Waals surface area contributed by atoms with E-state index < -0.39 is 0 Å². The molecular formula is C16H25NO. The molecule has 4 fully saturated rings. The maximum absolute atomic E-state index is 12.1. The van der Waals surface area contributed by atoms with E-state index >= 15 is 0 Å². The smallest absolute Gasteiger partial charge is 0.220 e. The largest absolute Gasteiger partial charge is 0.352 e. The second-order valence-electron chi connectivity index (χ2n) is 7.33. The number of nitrogens with one attached hydrogen (secondary N) is 1. The van der Waals surface area contributed by atoms with Crippen molar-refractivity contribution in [3.05, 3.63) is 12.2 Å². The van der Waals surface area contributed by atoms with Crippen molar-refractivity contribution in [3.8, 4) is 0 Å². The lowest BCUT2D eigenvalue weighted by Gasteiger charge is -2.56. The second-order valence-corrected chi connectivity index (χ2v) is 7.33. The van der Waals surface area contributed by atoms with Crippen molar-refractivity contribution in [2.75, 3.05) is 6.54 Å². The van der Waals surface area contributed by atoms with E-state index in [9.17, 15) is 4.79 Å². The fraction of sp³-hybridized carbons (Fsp3) is 0.812. The van der Waals surface area contributed by atoms with Gasteiger partial charge in [0.2, 0.25) is 5.91 Å². The second kappa shape index (κ2) is 4.40. The highest BCUT2D eigenvalue weighted by Gasteiger charge is 2.51. The Kier molecular flexibility index (Phi) is 2.99. The molecule has 4 aliphatic carbocycles. The van der Waals surface area contributed by atoms with E-state index in [1.165, 1.54) is 38.5 Å². The molecule has 0 aromatic heterocycles. The third kappa shape index (κ3) is 2.34. The van der Waals surface area contributed by atoms with Crippen LogP contribution in [0.15, 0.2) is 12.2 Å². The van der Waals surface area contributed by atoms with E-state index in [2.05, 4.69) is 11.9 Å². The monoisotopic (exact) mass is 247 g/mol. The van der Waals surface area contributed by atoms with Crippen molar-refractivity contribution in [1.82, 2.24) is 5.32 Å². The van der Waals surface area contributed by atoms with E-state index in [1.807, 2.05) is 6.92 Å². The molecule has 0 spiro atoms. The first-order valence-electron chi connectivity index (χ1n) is 7.46. The third-order valence-electron chi connectivity index (χ3n) is 5.29. The summed E-state index contributed by atoms with van der Waals surface area (Å²) < 4.78 is 0. The van der Waals surface area contributed by atoms with Crippen molar-refractivity contribution in [2.24, 2.45) is 23.2 Å². The number of hydrogen-bond acceptors (Lipinski definition) is 1. The number of carbonyl (C=O) groups is 1. The molecule has 0 heterocycles. The minimum atomic E-state index is 0.250. The average Bonchev–Trinajstić information content (AvgIpc) is 2.23. The number of rotatable bonds is 4. The molecule has 4 saturated carbocycles. The van der Waals surface area contributed by atoms with Crippen LogP contribution in [-0.4, -0.2) is 12.5 Å². The highest BCUT2D eigenvalue weighted by Crippen LogP contribution is 2.61. The van der Waals surface area contributed by atoms with E-state index in [0.717, 1.165) is 29.7 Å². The highest BCUT2D eigenvalue weighted by molar-refractivity contribution is 5.77. The molecule has 0 unspecified atom stereocenters. The fourth-order valence-electron chi connectivity index (χ4n) is 5.16. The van der Waals surface area contributed by atoms with Gasteiger partial charge < -0.3 is 5.32 Å². The Morgan fingerprint density at radius 2 is 1.67 bits per heavy atom. The molecule has 0 atom stereocenters. The van der Waals surface area contributed by atoms with Crippen molar-refractivity contribution >= 4 is 5.91 Å². The van der Waals surface area contributed by atoms with Crippen molar-refractivity contribution in [3.63, 3.8) is 0 Å². The molecule has 4 rings (SSSR count). The predicted molar refractivity (Wildman–Crippen MR) is 73.0 cm³/mol. The van der Waals surface area contributed by atoms with Gasteiger partial charge in [0.05, 0.1) is 0 Å². The predicted octanol–water partition coefficient (Wildman–Crippen LogP) is 3.29. The summed E-state index contributed by atoms with van der Waals surface area (Å²) in [5.74, 6) is 3.06. The SMILES string of the molecule is C=C(C)CNC(=O)CC12CC3CC(CC(C3)C1)C2. The van der Waals surface area contributed by atoms with Gasteiger partial charge in [-0.25, -0.2) is 0 Å². The van der Waals surface area contributed by atoms with Gasteiger partial charge in [-0.1, -0.05) is 12.2 Å². The summed E-state index contributed by atoms with van der Waals surface area (Å²) in [5.41, 5.74) is 1.40. The summed E-state index contributed by atoms with van der Waals surface area (Å²) in [6.45, 7) is 6.45. The summed E-state index contributed by atoms with van der Waals surface area (Å²) >= 11 is 0. The summed E-state index contributed by atoms with van der Waals surface area (Å²) in [6.07, 6.45) is 9.08. The van der Waals surface area contributed by atoms with Crippen molar-refractivity contribution in [1.29, 1.82) is 0 Å². The molecule has 18 heavy (non-hydrogen) atoms. The van der Waals surface area contributed by atoms with Crippen molar-refractivity contribution in [2.45, 2.75) is 51.9 Å². The Morgan fingerprint density at radius 1 is 1.17 bits per heavy atom. The lowest BCUT2D eigenvalue weighted by Crippen LogP contribution is -2.48. The van der Waals surface area contributed by atoms with Crippen LogP contribution < -0.4 is 5.32 Å². The summed E-state index contributed by atoms with van der Waals surface area (Å²) in [4.78, 5) is 12.1. The normalized spacial score (nSPS) is 40.8. The molecule has 100 valence electrons.